The molecule has 1 saturated carbocycles. The fourth-order valence-corrected chi connectivity index (χ4v) is 2.90. The van der Waals surface area contributed by atoms with Gasteiger partial charge in [0.25, 0.3) is 0 Å². The highest BCUT2D eigenvalue weighted by molar-refractivity contribution is 6.03. The van der Waals surface area contributed by atoms with Crippen LogP contribution in [0.25, 0.3) is 0 Å². The Morgan fingerprint density at radius 1 is 1.27 bits per heavy atom. The van der Waals surface area contributed by atoms with Crippen molar-refractivity contribution in [3.05, 3.63) is 23.8 Å². The van der Waals surface area contributed by atoms with Gasteiger partial charge in [-0.25, -0.2) is 19.4 Å². The number of ketones is 1. The van der Waals surface area contributed by atoms with Crippen molar-refractivity contribution in [2.75, 3.05) is 23.8 Å². The van der Waals surface area contributed by atoms with Crippen LogP contribution in [-0.2, 0) is 19.4 Å². The van der Waals surface area contributed by atoms with Gasteiger partial charge in [-0.1, -0.05) is 6.42 Å². The molecule has 1 amide bonds. The Balaban J connectivity index is 1.93. The van der Waals surface area contributed by atoms with Crippen LogP contribution in [0.5, 0.6) is 0 Å². The molecule has 0 bridgehead atoms. The number of anilines is 2. The normalized spacial score (nSPS) is 19.6. The first-order chi connectivity index (χ1) is 12.3. The van der Waals surface area contributed by atoms with E-state index in [0.717, 1.165) is 30.6 Å². The van der Waals surface area contributed by atoms with Gasteiger partial charge in [0.05, 0.1) is 0 Å². The number of carbonyl (C=O) groups excluding carboxylic acids is 3. The van der Waals surface area contributed by atoms with Crippen LogP contribution in [0, 0.1) is 12.3 Å². The molecule has 2 rings (SSSR count). The monoisotopic (exact) mass is 362 g/mol. The zero-order valence-electron chi connectivity index (χ0n) is 15.8. The summed E-state index contributed by atoms with van der Waals surface area (Å²) in [5.74, 6) is -1.00. The lowest BCUT2D eigenvalue weighted by Gasteiger charge is -2.28. The summed E-state index contributed by atoms with van der Waals surface area (Å²) in [7, 11) is 1.97. The van der Waals surface area contributed by atoms with E-state index in [-0.39, 0.29) is 5.78 Å². The van der Waals surface area contributed by atoms with Crippen molar-refractivity contribution < 1.29 is 24.2 Å². The fourth-order valence-electron chi connectivity index (χ4n) is 2.90. The third-order valence-corrected chi connectivity index (χ3v) is 4.95. The van der Waals surface area contributed by atoms with Gasteiger partial charge in [-0.2, -0.15) is 0 Å². The van der Waals surface area contributed by atoms with Gasteiger partial charge in [-0.05, 0) is 57.4 Å². The minimum Gasteiger partial charge on any atom is -0.375 e. The lowest BCUT2D eigenvalue weighted by Crippen LogP contribution is -2.40. The van der Waals surface area contributed by atoms with Crippen LogP contribution in [0.4, 0.5) is 16.2 Å². The molecule has 7 heteroatoms. The van der Waals surface area contributed by atoms with Crippen molar-refractivity contribution >= 4 is 29.2 Å². The van der Waals surface area contributed by atoms with Crippen LogP contribution in [0.15, 0.2) is 18.2 Å². The number of carbonyl (C=O) groups is 3. The number of nitrogens with one attached hydrogen (secondary N) is 1. The molecule has 1 aromatic rings. The van der Waals surface area contributed by atoms with E-state index in [0.29, 0.717) is 18.5 Å². The molecule has 0 radical (unpaired) electrons. The molecule has 1 aromatic carbocycles. The van der Waals surface area contributed by atoms with Crippen LogP contribution in [0.1, 0.15) is 45.1 Å². The molecular formula is C19H26N2O5. The summed E-state index contributed by atoms with van der Waals surface area (Å²) in [4.78, 5) is 47.3. The average molecular weight is 362 g/mol. The van der Waals surface area contributed by atoms with Crippen molar-refractivity contribution in [2.24, 2.45) is 5.41 Å². The topological polar surface area (TPSA) is 84.9 Å². The summed E-state index contributed by atoms with van der Waals surface area (Å²) in [6.07, 6.45) is 1.37. The minimum absolute atomic E-state index is 0.177. The highest BCUT2D eigenvalue weighted by Gasteiger charge is 2.45. The molecule has 1 aliphatic rings. The second-order valence-electron chi connectivity index (χ2n) is 6.84. The molecule has 142 valence electrons. The Morgan fingerprint density at radius 3 is 2.62 bits per heavy atom. The summed E-state index contributed by atoms with van der Waals surface area (Å²) < 4.78 is 0. The molecule has 1 fully saturated rings. The fraction of sp³-hybridized carbons (Fsp3) is 0.526. The first kappa shape index (κ1) is 19.8. The number of hydrogen-bond donors (Lipinski definition) is 1. The van der Waals surface area contributed by atoms with Crippen molar-refractivity contribution in [1.29, 1.82) is 0 Å². The number of hydrogen-bond acceptors (Lipinski definition) is 6. The lowest BCUT2D eigenvalue weighted by molar-refractivity contribution is -0.240. The molecule has 1 unspecified atom stereocenters. The van der Waals surface area contributed by atoms with Gasteiger partial charge in [0.1, 0.15) is 11.2 Å². The molecule has 0 aromatic heterocycles. The Hall–Kier alpha value is -2.57. The van der Waals surface area contributed by atoms with Crippen LogP contribution < -0.4 is 10.2 Å². The third kappa shape index (κ3) is 4.33. The Kier molecular flexibility index (Phi) is 6.23. The van der Waals surface area contributed by atoms with Crippen LogP contribution >= 0.6 is 0 Å². The second kappa shape index (κ2) is 8.21. The van der Waals surface area contributed by atoms with Crippen molar-refractivity contribution in [2.45, 2.75) is 46.5 Å². The molecule has 1 atom stereocenters. The Morgan fingerprint density at radius 2 is 2.00 bits per heavy atom. The molecule has 0 saturated heterocycles. The number of nitrogens with zero attached hydrogens (tertiary/aromatic N) is 1. The van der Waals surface area contributed by atoms with Gasteiger partial charge < -0.3 is 4.90 Å². The van der Waals surface area contributed by atoms with Gasteiger partial charge in [0.2, 0.25) is 0 Å². The van der Waals surface area contributed by atoms with E-state index >= 15 is 0 Å². The number of benzene rings is 1. The maximum absolute atomic E-state index is 12.2. The summed E-state index contributed by atoms with van der Waals surface area (Å²) in [5, 5.41) is 2.53. The van der Waals surface area contributed by atoms with E-state index in [2.05, 4.69) is 20.0 Å². The summed E-state index contributed by atoms with van der Waals surface area (Å²) in [6.45, 7) is 6.30. The van der Waals surface area contributed by atoms with Crippen LogP contribution in [0.3, 0.4) is 0 Å². The van der Waals surface area contributed by atoms with Crippen molar-refractivity contribution in [1.82, 2.24) is 0 Å². The molecule has 26 heavy (non-hydrogen) atoms. The zero-order valence-corrected chi connectivity index (χ0v) is 15.8. The van der Waals surface area contributed by atoms with Gasteiger partial charge in [-0.3, -0.25) is 10.1 Å². The van der Waals surface area contributed by atoms with Gasteiger partial charge >= 0.3 is 12.1 Å². The number of Topliss-reactive ketones (excluding diaryl/α,β-unsaturated/α-hetero) is 1. The minimum atomic E-state index is -1.24. The highest BCUT2D eigenvalue weighted by Crippen LogP contribution is 2.34. The summed E-state index contributed by atoms with van der Waals surface area (Å²) >= 11 is 0. The molecular weight excluding hydrogens is 336 g/mol. The average Bonchev–Trinajstić information content (AvgIpc) is 2.63. The molecule has 0 aliphatic heterocycles. The van der Waals surface area contributed by atoms with Gasteiger partial charge in [0, 0.05) is 31.4 Å². The molecule has 1 N–H and O–H groups in total. The second-order valence-corrected chi connectivity index (χ2v) is 6.84. The van der Waals surface area contributed by atoms with Gasteiger partial charge in [-0.15, -0.1) is 0 Å². The Labute approximate surface area is 153 Å². The molecule has 0 spiro atoms. The third-order valence-electron chi connectivity index (χ3n) is 4.95. The summed E-state index contributed by atoms with van der Waals surface area (Å²) in [6, 6.07) is 5.57. The van der Waals surface area contributed by atoms with Crippen molar-refractivity contribution in [3.63, 3.8) is 0 Å². The Bertz CT molecular complexity index is 703. The first-order valence-corrected chi connectivity index (χ1v) is 8.83. The quantitative estimate of drug-likeness (QED) is 0.500. The van der Waals surface area contributed by atoms with E-state index < -0.39 is 17.5 Å². The largest absolute Gasteiger partial charge is 0.454 e. The highest BCUT2D eigenvalue weighted by atomic mass is 17.2. The van der Waals surface area contributed by atoms with E-state index in [9.17, 15) is 14.4 Å². The maximum atomic E-state index is 12.2. The number of rotatable bonds is 4. The predicted molar refractivity (Wildman–Crippen MR) is 97.9 cm³/mol. The molecule has 7 nitrogen and oxygen atoms in total. The van der Waals surface area contributed by atoms with Crippen LogP contribution in [0.2, 0.25) is 0 Å². The predicted octanol–water partition coefficient (Wildman–Crippen LogP) is 3.61. The smallest absolute Gasteiger partial charge is 0.375 e. The number of amides is 1. The number of aryl methyl sites for hydroxylation is 1. The SMILES string of the molecule is CCN(C)c1ccc(NC(=O)OOC(=O)C2(C)CCCCC2=O)c(C)c1. The lowest BCUT2D eigenvalue weighted by atomic mass is 9.75. The van der Waals surface area contributed by atoms with Crippen LogP contribution in [-0.4, -0.2) is 31.4 Å². The van der Waals surface area contributed by atoms with E-state index in [1.165, 1.54) is 6.92 Å². The van der Waals surface area contributed by atoms with E-state index in [1.807, 2.05) is 33.0 Å². The van der Waals surface area contributed by atoms with Gasteiger partial charge in [0.15, 0.2) is 0 Å². The maximum Gasteiger partial charge on any atom is 0.454 e. The molecule has 0 heterocycles. The zero-order chi connectivity index (χ0) is 19.3. The van der Waals surface area contributed by atoms with Crippen molar-refractivity contribution in [3.8, 4) is 0 Å². The van der Waals surface area contributed by atoms with E-state index in [4.69, 9.17) is 0 Å². The standard InChI is InChI=1S/C19H26N2O5/c1-5-21(4)14-9-10-15(13(2)12-14)20-18(24)26-25-17(23)19(3)11-7-6-8-16(19)22/h9-10,12H,5-8,11H2,1-4H3,(H,20,24). The first-order valence-electron chi connectivity index (χ1n) is 8.83. The summed E-state index contributed by atoms with van der Waals surface area (Å²) in [5.41, 5.74) is 1.19. The molecule has 1 aliphatic carbocycles. The van der Waals surface area contributed by atoms with E-state index in [1.54, 1.807) is 6.07 Å².